The average Bonchev–Trinajstić information content (AvgIpc) is 2.26. The fourth-order valence-electron chi connectivity index (χ4n) is 1.98. The molecule has 1 unspecified atom stereocenters. The highest BCUT2D eigenvalue weighted by atomic mass is 32.2. The fraction of sp³-hybridized carbons (Fsp3) is 0.900. The van der Waals surface area contributed by atoms with Crippen LogP contribution >= 0.6 is 0 Å². The van der Waals surface area contributed by atoms with Crippen LogP contribution in [-0.2, 0) is 10.0 Å². The van der Waals surface area contributed by atoms with Crippen LogP contribution in [-0.4, -0.2) is 51.3 Å². The van der Waals surface area contributed by atoms with Gasteiger partial charge in [-0.25, -0.2) is 17.9 Å². The number of sulfonamides is 1. The number of likely N-dealkylation sites (tertiary alicyclic amines) is 1. The molecule has 17 heavy (non-hydrogen) atoms. The molecule has 100 valence electrons. The standard InChI is InChI=1S/C10H21N3O3S/c1-3-11-10(14)13-7-5-4-6-9(13)8-12-17(2,15)16/h9,12H,3-8H2,1-2H3,(H,11,14). The van der Waals surface area contributed by atoms with E-state index in [4.69, 9.17) is 0 Å². The van der Waals surface area contributed by atoms with Crippen LogP contribution in [0.2, 0.25) is 0 Å². The summed E-state index contributed by atoms with van der Waals surface area (Å²) in [5, 5.41) is 2.75. The lowest BCUT2D eigenvalue weighted by Gasteiger charge is -2.35. The van der Waals surface area contributed by atoms with Crippen molar-refractivity contribution in [2.75, 3.05) is 25.9 Å². The third kappa shape index (κ3) is 4.91. The summed E-state index contributed by atoms with van der Waals surface area (Å²) in [6.45, 7) is 3.45. The van der Waals surface area contributed by atoms with E-state index < -0.39 is 10.0 Å². The molecule has 2 amide bonds. The topological polar surface area (TPSA) is 78.5 Å². The molecule has 0 radical (unpaired) electrons. The Hall–Kier alpha value is -0.820. The molecule has 1 fully saturated rings. The summed E-state index contributed by atoms with van der Waals surface area (Å²) in [4.78, 5) is 13.5. The predicted molar refractivity (Wildman–Crippen MR) is 66.3 cm³/mol. The van der Waals surface area contributed by atoms with Gasteiger partial charge in [-0.15, -0.1) is 0 Å². The van der Waals surface area contributed by atoms with Gasteiger partial charge in [0, 0.05) is 25.7 Å². The number of urea groups is 1. The molecule has 0 aromatic rings. The first-order chi connectivity index (χ1) is 7.94. The van der Waals surface area contributed by atoms with Crippen LogP contribution < -0.4 is 10.0 Å². The number of carbonyl (C=O) groups excluding carboxylic acids is 1. The van der Waals surface area contributed by atoms with Crippen molar-refractivity contribution in [3.63, 3.8) is 0 Å². The fourth-order valence-corrected chi connectivity index (χ4v) is 2.48. The zero-order valence-electron chi connectivity index (χ0n) is 10.4. The summed E-state index contributed by atoms with van der Waals surface area (Å²) in [7, 11) is -3.19. The molecule has 0 aliphatic carbocycles. The third-order valence-electron chi connectivity index (χ3n) is 2.80. The summed E-state index contributed by atoms with van der Waals surface area (Å²) in [5.41, 5.74) is 0. The van der Waals surface area contributed by atoms with Gasteiger partial charge in [-0.2, -0.15) is 0 Å². The van der Waals surface area contributed by atoms with Crippen molar-refractivity contribution in [3.8, 4) is 0 Å². The van der Waals surface area contributed by atoms with Gasteiger partial charge in [-0.05, 0) is 26.2 Å². The van der Waals surface area contributed by atoms with Crippen molar-refractivity contribution in [2.24, 2.45) is 0 Å². The summed E-state index contributed by atoms with van der Waals surface area (Å²) in [6.07, 6.45) is 3.99. The Morgan fingerprint density at radius 2 is 2.12 bits per heavy atom. The maximum Gasteiger partial charge on any atom is 0.317 e. The summed E-state index contributed by atoms with van der Waals surface area (Å²) in [5.74, 6) is 0. The number of hydrogen-bond acceptors (Lipinski definition) is 3. The number of hydrogen-bond donors (Lipinski definition) is 2. The molecule has 1 aliphatic heterocycles. The first kappa shape index (κ1) is 14.2. The number of nitrogens with zero attached hydrogens (tertiary/aromatic N) is 1. The highest BCUT2D eigenvalue weighted by Crippen LogP contribution is 2.16. The van der Waals surface area contributed by atoms with Crippen molar-refractivity contribution < 1.29 is 13.2 Å². The van der Waals surface area contributed by atoms with Gasteiger partial charge in [0.25, 0.3) is 0 Å². The Kier molecular flexibility index (Phi) is 5.20. The quantitative estimate of drug-likeness (QED) is 0.756. The molecule has 0 aromatic heterocycles. The van der Waals surface area contributed by atoms with Crippen molar-refractivity contribution in [2.45, 2.75) is 32.2 Å². The zero-order valence-corrected chi connectivity index (χ0v) is 11.2. The van der Waals surface area contributed by atoms with Gasteiger partial charge in [0.2, 0.25) is 10.0 Å². The molecular weight excluding hydrogens is 242 g/mol. The van der Waals surface area contributed by atoms with E-state index in [0.29, 0.717) is 19.6 Å². The first-order valence-electron chi connectivity index (χ1n) is 5.93. The number of nitrogens with one attached hydrogen (secondary N) is 2. The number of amides is 2. The summed E-state index contributed by atoms with van der Waals surface area (Å²) < 4.78 is 24.6. The van der Waals surface area contributed by atoms with E-state index >= 15 is 0 Å². The van der Waals surface area contributed by atoms with Crippen molar-refractivity contribution in [1.82, 2.24) is 14.9 Å². The largest absolute Gasteiger partial charge is 0.338 e. The van der Waals surface area contributed by atoms with Crippen LogP contribution in [0.4, 0.5) is 4.79 Å². The Balaban J connectivity index is 2.56. The first-order valence-corrected chi connectivity index (χ1v) is 7.82. The van der Waals surface area contributed by atoms with E-state index in [9.17, 15) is 13.2 Å². The van der Waals surface area contributed by atoms with Gasteiger partial charge in [0.05, 0.1) is 6.26 Å². The smallest absolute Gasteiger partial charge is 0.317 e. The van der Waals surface area contributed by atoms with Crippen LogP contribution in [0.25, 0.3) is 0 Å². The molecular formula is C10H21N3O3S. The second kappa shape index (κ2) is 6.20. The molecule has 1 heterocycles. The lowest BCUT2D eigenvalue weighted by atomic mass is 10.0. The van der Waals surface area contributed by atoms with Crippen LogP contribution in [0.15, 0.2) is 0 Å². The van der Waals surface area contributed by atoms with Gasteiger partial charge < -0.3 is 10.2 Å². The molecule has 0 aromatic carbocycles. The minimum atomic E-state index is -3.19. The maximum absolute atomic E-state index is 11.8. The maximum atomic E-state index is 11.8. The summed E-state index contributed by atoms with van der Waals surface area (Å²) in [6, 6.07) is -0.141. The second-order valence-electron chi connectivity index (χ2n) is 4.30. The Morgan fingerprint density at radius 1 is 1.41 bits per heavy atom. The molecule has 6 nitrogen and oxygen atoms in total. The number of carbonyl (C=O) groups is 1. The van der Waals surface area contributed by atoms with E-state index in [1.165, 1.54) is 0 Å². The van der Waals surface area contributed by atoms with E-state index in [-0.39, 0.29) is 12.1 Å². The molecule has 1 rings (SSSR count). The van der Waals surface area contributed by atoms with Crippen LogP contribution in [0.5, 0.6) is 0 Å². The van der Waals surface area contributed by atoms with Crippen molar-refractivity contribution in [3.05, 3.63) is 0 Å². The third-order valence-corrected chi connectivity index (χ3v) is 3.49. The van der Waals surface area contributed by atoms with Crippen LogP contribution in [0.3, 0.4) is 0 Å². The minimum absolute atomic E-state index is 0.0370. The van der Waals surface area contributed by atoms with Crippen LogP contribution in [0.1, 0.15) is 26.2 Å². The second-order valence-corrected chi connectivity index (χ2v) is 6.13. The SMILES string of the molecule is CCNC(=O)N1CCCCC1CNS(C)(=O)=O. The molecule has 7 heteroatoms. The lowest BCUT2D eigenvalue weighted by Crippen LogP contribution is -2.52. The minimum Gasteiger partial charge on any atom is -0.338 e. The molecule has 0 saturated carbocycles. The lowest BCUT2D eigenvalue weighted by molar-refractivity contribution is 0.152. The molecule has 0 spiro atoms. The molecule has 1 aliphatic rings. The summed E-state index contributed by atoms with van der Waals surface area (Å²) >= 11 is 0. The van der Waals surface area contributed by atoms with Crippen molar-refractivity contribution >= 4 is 16.1 Å². The highest BCUT2D eigenvalue weighted by molar-refractivity contribution is 7.88. The van der Waals surface area contributed by atoms with E-state index in [0.717, 1.165) is 25.5 Å². The Labute approximate surface area is 103 Å². The van der Waals surface area contributed by atoms with Gasteiger partial charge in [-0.1, -0.05) is 0 Å². The van der Waals surface area contributed by atoms with E-state index in [1.54, 1.807) is 4.90 Å². The Morgan fingerprint density at radius 3 is 2.71 bits per heavy atom. The Bertz CT molecular complexity index is 356. The molecule has 1 saturated heterocycles. The average molecular weight is 263 g/mol. The zero-order chi connectivity index (χ0) is 12.9. The number of piperidine rings is 1. The van der Waals surface area contributed by atoms with Gasteiger partial charge >= 0.3 is 6.03 Å². The molecule has 2 N–H and O–H groups in total. The van der Waals surface area contributed by atoms with Crippen LogP contribution in [0, 0.1) is 0 Å². The van der Waals surface area contributed by atoms with E-state index in [1.807, 2.05) is 6.92 Å². The van der Waals surface area contributed by atoms with Gasteiger partial charge in [0.15, 0.2) is 0 Å². The molecule has 0 bridgehead atoms. The monoisotopic (exact) mass is 263 g/mol. The predicted octanol–water partition coefficient (Wildman–Crippen LogP) is 0.120. The normalized spacial score (nSPS) is 21.3. The molecule has 1 atom stereocenters. The van der Waals surface area contributed by atoms with E-state index in [2.05, 4.69) is 10.0 Å². The number of rotatable bonds is 4. The highest BCUT2D eigenvalue weighted by Gasteiger charge is 2.26. The van der Waals surface area contributed by atoms with Gasteiger partial charge in [0.1, 0.15) is 0 Å². The van der Waals surface area contributed by atoms with Crippen molar-refractivity contribution in [1.29, 1.82) is 0 Å². The van der Waals surface area contributed by atoms with Gasteiger partial charge in [-0.3, -0.25) is 0 Å².